The summed E-state index contributed by atoms with van der Waals surface area (Å²) in [7, 11) is 0. The standard InChI is InChI=1S/C6H6N2O/c7-8-5-1-3-6(9)4-2-5/h1,3H,2,4H2. The number of carbonyl (C=O) groups excluding carboxylic acids is 1. The molecule has 0 fully saturated rings. The first kappa shape index (κ1) is 5.92. The average molecular weight is 122 g/mol. The van der Waals surface area contributed by atoms with E-state index in [-0.39, 0.29) is 5.78 Å². The van der Waals surface area contributed by atoms with Gasteiger partial charge in [0, 0.05) is 12.5 Å². The zero-order valence-electron chi connectivity index (χ0n) is 4.87. The van der Waals surface area contributed by atoms with Crippen molar-refractivity contribution in [3.05, 3.63) is 17.7 Å². The zero-order valence-corrected chi connectivity index (χ0v) is 4.87. The summed E-state index contributed by atoms with van der Waals surface area (Å²) in [5, 5.41) is 0. The number of allylic oxidation sites excluding steroid dienone is 2. The minimum absolute atomic E-state index is 0.0994. The number of ketones is 1. The van der Waals surface area contributed by atoms with Gasteiger partial charge in [-0.05, 0) is 6.08 Å². The maximum absolute atomic E-state index is 10.5. The van der Waals surface area contributed by atoms with Crippen LogP contribution in [0.25, 0.3) is 5.53 Å². The number of rotatable bonds is 0. The van der Waals surface area contributed by atoms with Gasteiger partial charge in [0.2, 0.25) is 0 Å². The van der Waals surface area contributed by atoms with Crippen LogP contribution in [0, 0.1) is 0 Å². The average Bonchev–Trinajstić information content (AvgIpc) is 1.90. The third kappa shape index (κ3) is 1.34. The highest BCUT2D eigenvalue weighted by Gasteiger charge is 2.11. The van der Waals surface area contributed by atoms with E-state index in [2.05, 4.69) is 4.79 Å². The molecule has 3 heteroatoms. The second-order valence-electron chi connectivity index (χ2n) is 1.89. The summed E-state index contributed by atoms with van der Waals surface area (Å²) in [6.45, 7) is 0. The Morgan fingerprint density at radius 2 is 2.22 bits per heavy atom. The van der Waals surface area contributed by atoms with E-state index in [0.29, 0.717) is 18.6 Å². The Morgan fingerprint density at radius 3 is 2.67 bits per heavy atom. The molecule has 0 amide bonds. The van der Waals surface area contributed by atoms with Gasteiger partial charge in [-0.25, -0.2) is 0 Å². The fraction of sp³-hybridized carbons (Fsp3) is 0.333. The van der Waals surface area contributed by atoms with E-state index < -0.39 is 0 Å². The lowest BCUT2D eigenvalue weighted by Gasteiger charge is -1.94. The lowest BCUT2D eigenvalue weighted by atomic mass is 10.1. The van der Waals surface area contributed by atoms with Crippen molar-refractivity contribution in [3.8, 4) is 0 Å². The Morgan fingerprint density at radius 1 is 1.44 bits per heavy atom. The Balaban J connectivity index is 2.81. The Kier molecular flexibility index (Phi) is 1.56. The molecule has 0 unspecified atom stereocenters. The van der Waals surface area contributed by atoms with Crippen LogP contribution in [0.5, 0.6) is 0 Å². The second kappa shape index (κ2) is 2.37. The highest BCUT2D eigenvalue weighted by Crippen LogP contribution is 2.01. The molecule has 0 aromatic heterocycles. The summed E-state index contributed by atoms with van der Waals surface area (Å²) in [4.78, 5) is 13.5. The van der Waals surface area contributed by atoms with Crippen molar-refractivity contribution in [1.29, 1.82) is 0 Å². The van der Waals surface area contributed by atoms with Gasteiger partial charge < -0.3 is 5.53 Å². The predicted octanol–water partition coefficient (Wildman–Crippen LogP) is 0.576. The number of hydrogen-bond donors (Lipinski definition) is 0. The molecule has 0 aliphatic heterocycles. The molecule has 0 spiro atoms. The van der Waals surface area contributed by atoms with Gasteiger partial charge in [0.25, 0.3) is 5.71 Å². The Bertz CT molecular complexity index is 211. The number of nitrogens with zero attached hydrogens (tertiary/aromatic N) is 2. The third-order valence-electron chi connectivity index (χ3n) is 1.22. The van der Waals surface area contributed by atoms with Crippen LogP contribution in [-0.2, 0) is 4.79 Å². The number of carbonyl (C=O) groups is 1. The summed E-state index contributed by atoms with van der Waals surface area (Å²) < 4.78 is 0. The molecule has 0 saturated carbocycles. The molecule has 9 heavy (non-hydrogen) atoms. The van der Waals surface area contributed by atoms with Gasteiger partial charge in [0.1, 0.15) is 0 Å². The van der Waals surface area contributed by atoms with Gasteiger partial charge in [0.05, 0.1) is 6.42 Å². The quantitative estimate of drug-likeness (QED) is 0.342. The highest BCUT2D eigenvalue weighted by molar-refractivity contribution is 6.04. The third-order valence-corrected chi connectivity index (χ3v) is 1.22. The van der Waals surface area contributed by atoms with E-state index in [1.54, 1.807) is 0 Å². The molecule has 0 saturated heterocycles. The summed E-state index contributed by atoms with van der Waals surface area (Å²) in [6, 6.07) is 0. The van der Waals surface area contributed by atoms with Crippen LogP contribution >= 0.6 is 0 Å². The van der Waals surface area contributed by atoms with Crippen molar-refractivity contribution < 1.29 is 9.58 Å². The Labute approximate surface area is 52.6 Å². The summed E-state index contributed by atoms with van der Waals surface area (Å²) in [5.74, 6) is 0.0994. The van der Waals surface area contributed by atoms with Gasteiger partial charge in [0.15, 0.2) is 5.78 Å². The second-order valence-corrected chi connectivity index (χ2v) is 1.89. The first-order valence-corrected chi connectivity index (χ1v) is 2.75. The smallest absolute Gasteiger partial charge is 0.292 e. The van der Waals surface area contributed by atoms with Crippen LogP contribution in [0.1, 0.15) is 12.8 Å². The zero-order chi connectivity index (χ0) is 6.69. The molecule has 0 radical (unpaired) electrons. The van der Waals surface area contributed by atoms with E-state index in [9.17, 15) is 4.79 Å². The number of hydrogen-bond acceptors (Lipinski definition) is 1. The van der Waals surface area contributed by atoms with Crippen LogP contribution in [0.3, 0.4) is 0 Å². The Hall–Kier alpha value is -1.21. The van der Waals surface area contributed by atoms with Gasteiger partial charge in [-0.2, -0.15) is 4.79 Å². The van der Waals surface area contributed by atoms with Crippen molar-refractivity contribution in [2.45, 2.75) is 12.8 Å². The van der Waals surface area contributed by atoms with Gasteiger partial charge >= 0.3 is 0 Å². The minimum Gasteiger partial charge on any atom is -0.361 e. The molecule has 0 aromatic carbocycles. The summed E-state index contributed by atoms with van der Waals surface area (Å²) in [6.07, 6.45) is 3.99. The van der Waals surface area contributed by atoms with E-state index in [1.165, 1.54) is 12.2 Å². The van der Waals surface area contributed by atoms with E-state index in [4.69, 9.17) is 5.53 Å². The van der Waals surface area contributed by atoms with Gasteiger partial charge in [-0.3, -0.25) is 4.79 Å². The molecule has 3 nitrogen and oxygen atoms in total. The highest BCUT2D eigenvalue weighted by atomic mass is 16.1. The minimum atomic E-state index is 0.0994. The van der Waals surface area contributed by atoms with Crippen LogP contribution in [0.15, 0.2) is 12.2 Å². The van der Waals surface area contributed by atoms with Crippen molar-refractivity contribution in [2.75, 3.05) is 0 Å². The first-order valence-electron chi connectivity index (χ1n) is 2.75. The van der Waals surface area contributed by atoms with Crippen molar-refractivity contribution in [1.82, 2.24) is 0 Å². The predicted molar refractivity (Wildman–Crippen MR) is 32.0 cm³/mol. The molecular weight excluding hydrogens is 116 g/mol. The largest absolute Gasteiger partial charge is 0.361 e. The topological polar surface area (TPSA) is 53.5 Å². The fourth-order valence-corrected chi connectivity index (χ4v) is 0.690. The van der Waals surface area contributed by atoms with Crippen molar-refractivity contribution in [3.63, 3.8) is 0 Å². The molecule has 1 aliphatic carbocycles. The van der Waals surface area contributed by atoms with Crippen LogP contribution in [0.4, 0.5) is 0 Å². The fourth-order valence-electron chi connectivity index (χ4n) is 0.690. The molecule has 1 aliphatic rings. The molecule has 0 atom stereocenters. The van der Waals surface area contributed by atoms with E-state index >= 15 is 0 Å². The summed E-state index contributed by atoms with van der Waals surface area (Å²) >= 11 is 0. The molecule has 1 rings (SSSR count). The normalized spacial score (nSPS) is 17.8. The molecule has 0 heterocycles. The van der Waals surface area contributed by atoms with Crippen LogP contribution in [0.2, 0.25) is 0 Å². The molecular formula is C6H6N2O. The van der Waals surface area contributed by atoms with E-state index in [0.717, 1.165) is 0 Å². The lowest BCUT2D eigenvalue weighted by Crippen LogP contribution is -2.06. The molecule has 0 N–H and O–H groups in total. The van der Waals surface area contributed by atoms with Crippen LogP contribution < -0.4 is 0 Å². The van der Waals surface area contributed by atoms with Crippen molar-refractivity contribution in [2.24, 2.45) is 0 Å². The monoisotopic (exact) mass is 122 g/mol. The molecule has 0 aromatic rings. The van der Waals surface area contributed by atoms with Gasteiger partial charge in [-0.1, -0.05) is 0 Å². The van der Waals surface area contributed by atoms with Gasteiger partial charge in [-0.15, -0.1) is 0 Å². The maximum atomic E-state index is 10.5. The lowest BCUT2D eigenvalue weighted by molar-refractivity contribution is -0.114. The molecule has 0 bridgehead atoms. The molecule has 46 valence electrons. The first-order chi connectivity index (χ1) is 4.33. The maximum Gasteiger partial charge on any atom is 0.292 e. The van der Waals surface area contributed by atoms with Crippen molar-refractivity contribution >= 4 is 11.5 Å². The summed E-state index contributed by atoms with van der Waals surface area (Å²) in [5.41, 5.74) is 8.78. The van der Waals surface area contributed by atoms with E-state index in [1.807, 2.05) is 0 Å². The SMILES string of the molecule is [N-]=[N+]=C1C=CC(=O)CC1. The van der Waals surface area contributed by atoms with Crippen LogP contribution in [-0.4, -0.2) is 16.3 Å².